The minimum Gasteiger partial charge on any atom is -0.488 e. The average Bonchev–Trinajstić information content (AvgIpc) is 3.06. The lowest BCUT2D eigenvalue weighted by Gasteiger charge is -2.13. The highest BCUT2D eigenvalue weighted by Gasteiger charge is 2.20. The Balaban J connectivity index is 1.59. The normalized spacial score (nSPS) is 13.9. The molecule has 158 valence electrons. The lowest BCUT2D eigenvalue weighted by atomic mass is 9.93. The first kappa shape index (κ1) is 20.3. The number of allylic oxidation sites excluding steroid dienone is 1. The lowest BCUT2D eigenvalue weighted by Crippen LogP contribution is -2.06. The fourth-order valence-electron chi connectivity index (χ4n) is 4.27. The molecule has 0 unspecified atom stereocenters. The zero-order chi connectivity index (χ0) is 22.2. The van der Waals surface area contributed by atoms with Gasteiger partial charge in [0.15, 0.2) is 5.65 Å². The minimum absolute atomic E-state index is 0.458. The Morgan fingerprint density at radius 3 is 2.81 bits per heavy atom. The number of halogens is 1. The van der Waals surface area contributed by atoms with Gasteiger partial charge in [-0.1, -0.05) is 54.9 Å². The highest BCUT2D eigenvalue weighted by atomic mass is 35.5. The molecule has 0 N–H and O–H groups in total. The number of pyridine rings is 1. The molecular formula is C26H21ClN4O. The first-order chi connectivity index (χ1) is 15.6. The summed E-state index contributed by atoms with van der Waals surface area (Å²) in [5.41, 5.74) is 7.35. The van der Waals surface area contributed by atoms with Crippen LogP contribution in [-0.2, 0) is 19.6 Å². The molecule has 2 aromatic carbocycles. The van der Waals surface area contributed by atoms with Crippen molar-refractivity contribution in [2.24, 2.45) is 0 Å². The molecule has 0 fully saturated rings. The van der Waals surface area contributed by atoms with Crippen molar-refractivity contribution in [2.45, 2.75) is 33.4 Å². The number of aryl methyl sites for hydroxylation is 2. The second-order valence-electron chi connectivity index (χ2n) is 7.85. The second-order valence-corrected chi connectivity index (χ2v) is 8.26. The van der Waals surface area contributed by atoms with Gasteiger partial charge in [-0.3, -0.25) is 0 Å². The van der Waals surface area contributed by atoms with Gasteiger partial charge in [-0.15, -0.1) is 0 Å². The van der Waals surface area contributed by atoms with Crippen LogP contribution in [0.1, 0.15) is 40.7 Å². The molecule has 0 radical (unpaired) electrons. The maximum absolute atomic E-state index is 9.40. The molecule has 6 heteroatoms. The summed E-state index contributed by atoms with van der Waals surface area (Å²) in [4.78, 5) is 9.43. The maximum Gasteiger partial charge on any atom is 0.162 e. The molecule has 1 aliphatic rings. The highest BCUT2D eigenvalue weighted by molar-refractivity contribution is 6.34. The Morgan fingerprint density at radius 2 is 2.00 bits per heavy atom. The molecule has 0 amide bonds. The number of fused-ring (bicyclic) bond motifs is 3. The third-order valence-electron chi connectivity index (χ3n) is 5.76. The second kappa shape index (κ2) is 8.14. The van der Waals surface area contributed by atoms with E-state index in [1.54, 1.807) is 6.08 Å². The van der Waals surface area contributed by atoms with Gasteiger partial charge in [0.05, 0.1) is 17.6 Å². The predicted octanol–water partition coefficient (Wildman–Crippen LogP) is 5.85. The van der Waals surface area contributed by atoms with Gasteiger partial charge in [0.25, 0.3) is 0 Å². The fourth-order valence-corrected chi connectivity index (χ4v) is 4.55. The van der Waals surface area contributed by atoms with Crippen LogP contribution in [0.25, 0.3) is 16.7 Å². The van der Waals surface area contributed by atoms with Crippen LogP contribution >= 0.6 is 11.6 Å². The van der Waals surface area contributed by atoms with Gasteiger partial charge in [-0.25, -0.2) is 9.97 Å². The maximum atomic E-state index is 9.40. The summed E-state index contributed by atoms with van der Waals surface area (Å²) in [7, 11) is 0. The molecule has 5 rings (SSSR count). The molecule has 0 atom stereocenters. The Bertz CT molecular complexity index is 1430. The Hall–Kier alpha value is -3.62. The molecule has 32 heavy (non-hydrogen) atoms. The third kappa shape index (κ3) is 3.43. The summed E-state index contributed by atoms with van der Waals surface area (Å²) in [6.45, 7) is 5.08. The van der Waals surface area contributed by atoms with Crippen molar-refractivity contribution >= 4 is 28.3 Å². The van der Waals surface area contributed by atoms with Gasteiger partial charge in [0.2, 0.25) is 0 Å². The molecule has 2 aromatic heterocycles. The molecule has 0 bridgehead atoms. The van der Waals surface area contributed by atoms with Crippen molar-refractivity contribution in [3.05, 3.63) is 93.4 Å². The zero-order valence-corrected chi connectivity index (χ0v) is 18.6. The summed E-state index contributed by atoms with van der Waals surface area (Å²) in [5, 5.41) is 10.0. The number of hydrogen-bond donors (Lipinski definition) is 0. The van der Waals surface area contributed by atoms with Crippen LogP contribution in [0.3, 0.4) is 0 Å². The fraction of sp³-hybridized carbons (Fsp3) is 0.192. The van der Waals surface area contributed by atoms with Gasteiger partial charge >= 0.3 is 0 Å². The number of benzene rings is 2. The van der Waals surface area contributed by atoms with Gasteiger partial charge in [0, 0.05) is 29.3 Å². The zero-order valence-electron chi connectivity index (χ0n) is 17.9. The summed E-state index contributed by atoms with van der Waals surface area (Å²) in [6, 6.07) is 18.2. The predicted molar refractivity (Wildman–Crippen MR) is 126 cm³/mol. The van der Waals surface area contributed by atoms with Crippen molar-refractivity contribution in [3.63, 3.8) is 0 Å². The summed E-state index contributed by atoms with van der Waals surface area (Å²) < 4.78 is 8.30. The van der Waals surface area contributed by atoms with E-state index in [4.69, 9.17) is 26.3 Å². The molecule has 1 aliphatic heterocycles. The van der Waals surface area contributed by atoms with Crippen molar-refractivity contribution in [1.29, 1.82) is 5.26 Å². The van der Waals surface area contributed by atoms with E-state index in [0.717, 1.165) is 62.7 Å². The Kier molecular flexibility index (Phi) is 5.16. The van der Waals surface area contributed by atoms with E-state index in [-0.39, 0.29) is 0 Å². The van der Waals surface area contributed by atoms with E-state index in [9.17, 15) is 5.26 Å². The van der Waals surface area contributed by atoms with Crippen LogP contribution in [0.15, 0.2) is 54.6 Å². The third-order valence-corrected chi connectivity index (χ3v) is 6.04. The largest absolute Gasteiger partial charge is 0.488 e. The summed E-state index contributed by atoms with van der Waals surface area (Å²) in [6.07, 6.45) is 2.37. The van der Waals surface area contributed by atoms with E-state index in [0.29, 0.717) is 18.2 Å². The number of nitriles is 1. The van der Waals surface area contributed by atoms with Crippen LogP contribution in [0.2, 0.25) is 5.02 Å². The lowest BCUT2D eigenvalue weighted by molar-refractivity contribution is 0.307. The van der Waals surface area contributed by atoms with Crippen LogP contribution in [0.4, 0.5) is 0 Å². The van der Waals surface area contributed by atoms with Crippen molar-refractivity contribution in [3.8, 4) is 11.8 Å². The van der Waals surface area contributed by atoms with Crippen LogP contribution in [0, 0.1) is 18.3 Å². The molecule has 0 saturated heterocycles. The molecule has 4 aromatic rings. The van der Waals surface area contributed by atoms with Gasteiger partial charge in [-0.2, -0.15) is 5.26 Å². The van der Waals surface area contributed by atoms with E-state index < -0.39 is 0 Å². The number of nitrogens with zero attached hydrogens (tertiary/aromatic N) is 4. The number of aromatic nitrogens is 3. The molecule has 3 heterocycles. The van der Waals surface area contributed by atoms with Crippen molar-refractivity contribution in [2.75, 3.05) is 0 Å². The monoisotopic (exact) mass is 440 g/mol. The van der Waals surface area contributed by atoms with Crippen LogP contribution < -0.4 is 4.74 Å². The van der Waals surface area contributed by atoms with Crippen LogP contribution in [0.5, 0.6) is 5.75 Å². The van der Waals surface area contributed by atoms with Gasteiger partial charge in [-0.05, 0) is 35.7 Å². The smallest absolute Gasteiger partial charge is 0.162 e. The van der Waals surface area contributed by atoms with Gasteiger partial charge < -0.3 is 9.30 Å². The number of rotatable bonds is 3. The molecule has 0 saturated carbocycles. The summed E-state index contributed by atoms with van der Waals surface area (Å²) >= 11 is 6.44. The number of hydrogen-bond acceptors (Lipinski definition) is 4. The minimum atomic E-state index is 0.458. The SMILES string of the molecule is CCc1nc2c(Cl)cc(C)nc2n1Cc1ccc2c(c1)OCc1ccccc1C2=CC#N. The van der Waals surface area contributed by atoms with Crippen LogP contribution in [-0.4, -0.2) is 14.5 Å². The molecular weight excluding hydrogens is 420 g/mol. The van der Waals surface area contributed by atoms with Crippen molar-refractivity contribution in [1.82, 2.24) is 14.5 Å². The standard InChI is InChI=1S/C26H21ClN4O/c1-3-24-30-25-22(27)12-16(2)29-26(25)31(24)14-17-8-9-21-20(10-11-28)19-7-5-4-6-18(19)15-32-23(21)13-17/h4-10,12-13H,3,14-15H2,1-2H3. The Labute approximate surface area is 191 Å². The average molecular weight is 441 g/mol. The molecule has 0 aliphatic carbocycles. The van der Waals surface area contributed by atoms with E-state index >= 15 is 0 Å². The molecule has 0 spiro atoms. The van der Waals surface area contributed by atoms with Crippen molar-refractivity contribution < 1.29 is 4.74 Å². The quantitative estimate of drug-likeness (QED) is 0.375. The first-order valence-corrected chi connectivity index (χ1v) is 10.9. The topological polar surface area (TPSA) is 63.7 Å². The van der Waals surface area contributed by atoms with E-state index in [1.807, 2.05) is 43.3 Å². The number of imidazole rings is 1. The molecule has 5 nitrogen and oxygen atoms in total. The van der Waals surface area contributed by atoms with Gasteiger partial charge in [0.1, 0.15) is 23.7 Å². The first-order valence-electron chi connectivity index (χ1n) is 10.6. The highest BCUT2D eigenvalue weighted by Crippen LogP contribution is 2.37. The Morgan fingerprint density at radius 1 is 1.16 bits per heavy atom. The van der Waals surface area contributed by atoms with E-state index in [1.165, 1.54) is 0 Å². The number of ether oxygens (including phenoxy) is 1. The summed E-state index contributed by atoms with van der Waals surface area (Å²) in [5.74, 6) is 1.71. The van der Waals surface area contributed by atoms with E-state index in [2.05, 4.69) is 29.7 Å².